The van der Waals surface area contributed by atoms with Gasteiger partial charge in [0.25, 0.3) is 0 Å². The predicted octanol–water partition coefficient (Wildman–Crippen LogP) is 0.533. The lowest BCUT2D eigenvalue weighted by Gasteiger charge is -2.07. The van der Waals surface area contributed by atoms with Crippen molar-refractivity contribution < 1.29 is 4.74 Å². The van der Waals surface area contributed by atoms with Crippen LogP contribution in [0, 0.1) is 0 Å². The van der Waals surface area contributed by atoms with Crippen molar-refractivity contribution in [3.63, 3.8) is 0 Å². The Morgan fingerprint density at radius 2 is 2.36 bits per heavy atom. The van der Waals surface area contributed by atoms with Gasteiger partial charge in [-0.2, -0.15) is 0 Å². The summed E-state index contributed by atoms with van der Waals surface area (Å²) in [5, 5.41) is 3.36. The molecule has 0 unspecified atom stereocenters. The number of thiocarbonyl (C=S) groups is 1. The van der Waals surface area contributed by atoms with Crippen molar-refractivity contribution in [3.8, 4) is 5.75 Å². The van der Waals surface area contributed by atoms with Gasteiger partial charge >= 0.3 is 0 Å². The highest BCUT2D eigenvalue weighted by atomic mass is 32.1. The second-order valence-corrected chi connectivity index (χ2v) is 3.09. The zero-order valence-corrected chi connectivity index (χ0v) is 8.73. The molecule has 4 N–H and O–H groups in total. The Bertz CT molecular complexity index is 317. The summed E-state index contributed by atoms with van der Waals surface area (Å²) in [4.78, 5) is 0. The fourth-order valence-corrected chi connectivity index (χ4v) is 1.09. The highest BCUT2D eigenvalue weighted by Gasteiger charge is 1.96. The summed E-state index contributed by atoms with van der Waals surface area (Å²) in [6.45, 7) is 0.625. The lowest BCUT2D eigenvalue weighted by atomic mass is 10.2. The number of benzene rings is 1. The molecule has 0 heterocycles. The standard InChI is InChI=1S/C9H13N3OS/c1-13-8-4-2-3-7(5-8)6-11-9(14)12-10/h2-5H,6,10H2,1H3,(H2,11,12,14). The van der Waals surface area contributed by atoms with Crippen molar-refractivity contribution in [2.45, 2.75) is 6.54 Å². The third-order valence-corrected chi connectivity index (χ3v) is 1.98. The summed E-state index contributed by atoms with van der Waals surface area (Å²) in [6.07, 6.45) is 0. The van der Waals surface area contributed by atoms with Crippen LogP contribution in [0.1, 0.15) is 5.56 Å². The summed E-state index contributed by atoms with van der Waals surface area (Å²) in [5.41, 5.74) is 3.44. The molecular formula is C9H13N3OS. The molecule has 0 radical (unpaired) electrons. The topological polar surface area (TPSA) is 59.3 Å². The van der Waals surface area contributed by atoms with Crippen LogP contribution in [0.3, 0.4) is 0 Å². The van der Waals surface area contributed by atoms with Crippen LogP contribution in [0.15, 0.2) is 24.3 Å². The first kappa shape index (κ1) is 10.7. The maximum atomic E-state index is 5.11. The molecule has 0 atom stereocenters. The zero-order valence-electron chi connectivity index (χ0n) is 7.91. The minimum atomic E-state index is 0.424. The Hall–Kier alpha value is -1.33. The molecule has 0 aliphatic rings. The lowest BCUT2D eigenvalue weighted by Crippen LogP contribution is -2.39. The third-order valence-electron chi connectivity index (χ3n) is 1.72. The number of hydrogen-bond acceptors (Lipinski definition) is 3. The highest BCUT2D eigenvalue weighted by Crippen LogP contribution is 2.11. The van der Waals surface area contributed by atoms with E-state index in [1.54, 1.807) is 7.11 Å². The van der Waals surface area contributed by atoms with E-state index in [2.05, 4.69) is 10.7 Å². The molecule has 1 aromatic carbocycles. The number of methoxy groups -OCH3 is 1. The maximum absolute atomic E-state index is 5.11. The minimum Gasteiger partial charge on any atom is -0.497 e. The van der Waals surface area contributed by atoms with E-state index in [0.717, 1.165) is 11.3 Å². The van der Waals surface area contributed by atoms with Gasteiger partial charge in [0, 0.05) is 6.54 Å². The smallest absolute Gasteiger partial charge is 0.180 e. The van der Waals surface area contributed by atoms with Gasteiger partial charge in [-0.05, 0) is 29.9 Å². The highest BCUT2D eigenvalue weighted by molar-refractivity contribution is 7.80. The molecule has 0 bridgehead atoms. The van der Waals surface area contributed by atoms with E-state index in [9.17, 15) is 0 Å². The van der Waals surface area contributed by atoms with Crippen molar-refractivity contribution >= 4 is 17.3 Å². The molecule has 1 rings (SSSR count). The molecule has 0 spiro atoms. The van der Waals surface area contributed by atoms with E-state index >= 15 is 0 Å². The first-order valence-electron chi connectivity index (χ1n) is 4.13. The van der Waals surface area contributed by atoms with E-state index in [1.807, 2.05) is 24.3 Å². The number of nitrogens with one attached hydrogen (secondary N) is 2. The largest absolute Gasteiger partial charge is 0.497 e. The van der Waals surface area contributed by atoms with Gasteiger partial charge in [0.1, 0.15) is 5.75 Å². The van der Waals surface area contributed by atoms with Crippen LogP contribution < -0.4 is 21.3 Å². The Morgan fingerprint density at radius 3 is 3.00 bits per heavy atom. The second-order valence-electron chi connectivity index (χ2n) is 2.68. The van der Waals surface area contributed by atoms with Gasteiger partial charge in [-0.1, -0.05) is 12.1 Å². The fourth-order valence-electron chi connectivity index (χ4n) is 1.02. The van der Waals surface area contributed by atoms with Gasteiger partial charge in [0.2, 0.25) is 0 Å². The van der Waals surface area contributed by atoms with Crippen LogP contribution >= 0.6 is 12.2 Å². The zero-order chi connectivity index (χ0) is 10.4. The van der Waals surface area contributed by atoms with Crippen molar-refractivity contribution in [3.05, 3.63) is 29.8 Å². The molecule has 0 fully saturated rings. The number of nitrogens with two attached hydrogens (primary N) is 1. The molecule has 0 aromatic heterocycles. The number of hydrogen-bond donors (Lipinski definition) is 3. The lowest BCUT2D eigenvalue weighted by molar-refractivity contribution is 0.414. The van der Waals surface area contributed by atoms with Crippen molar-refractivity contribution in [2.24, 2.45) is 5.84 Å². The molecule has 1 aromatic rings. The number of rotatable bonds is 3. The fraction of sp³-hybridized carbons (Fsp3) is 0.222. The van der Waals surface area contributed by atoms with Gasteiger partial charge in [0.15, 0.2) is 5.11 Å². The van der Waals surface area contributed by atoms with Crippen LogP contribution in [0.4, 0.5) is 0 Å². The number of hydrazine groups is 1. The maximum Gasteiger partial charge on any atom is 0.180 e. The average Bonchev–Trinajstić information content (AvgIpc) is 2.26. The van der Waals surface area contributed by atoms with E-state index in [-0.39, 0.29) is 0 Å². The Morgan fingerprint density at radius 1 is 1.57 bits per heavy atom. The molecule has 14 heavy (non-hydrogen) atoms. The molecule has 0 amide bonds. The predicted molar refractivity (Wildman–Crippen MR) is 59.8 cm³/mol. The molecule has 4 nitrogen and oxygen atoms in total. The van der Waals surface area contributed by atoms with E-state index in [0.29, 0.717) is 11.7 Å². The van der Waals surface area contributed by atoms with Gasteiger partial charge in [-0.15, -0.1) is 0 Å². The van der Waals surface area contributed by atoms with Gasteiger partial charge in [-0.25, -0.2) is 5.84 Å². The molecule has 76 valence electrons. The summed E-state index contributed by atoms with van der Waals surface area (Å²) in [6, 6.07) is 7.73. The Kier molecular flexibility index (Phi) is 4.15. The normalized spacial score (nSPS) is 9.29. The molecular weight excluding hydrogens is 198 g/mol. The summed E-state index contributed by atoms with van der Waals surface area (Å²) in [7, 11) is 1.64. The van der Waals surface area contributed by atoms with Crippen LogP contribution in [-0.2, 0) is 6.54 Å². The first-order valence-corrected chi connectivity index (χ1v) is 4.54. The van der Waals surface area contributed by atoms with E-state index in [1.165, 1.54) is 0 Å². The first-order chi connectivity index (χ1) is 6.76. The Balaban J connectivity index is 2.54. The average molecular weight is 211 g/mol. The molecule has 0 saturated heterocycles. The van der Waals surface area contributed by atoms with Gasteiger partial charge in [-0.3, -0.25) is 0 Å². The summed E-state index contributed by atoms with van der Waals surface area (Å²) in [5.74, 6) is 5.94. The Labute approximate surface area is 88.4 Å². The summed E-state index contributed by atoms with van der Waals surface area (Å²) >= 11 is 4.84. The van der Waals surface area contributed by atoms with Crippen molar-refractivity contribution in [1.82, 2.24) is 10.7 Å². The van der Waals surface area contributed by atoms with Crippen LogP contribution in [0.5, 0.6) is 5.75 Å². The minimum absolute atomic E-state index is 0.424. The summed E-state index contributed by atoms with van der Waals surface area (Å²) < 4.78 is 5.09. The van der Waals surface area contributed by atoms with Gasteiger partial charge in [0.05, 0.1) is 7.11 Å². The van der Waals surface area contributed by atoms with Gasteiger partial charge < -0.3 is 15.5 Å². The van der Waals surface area contributed by atoms with Crippen molar-refractivity contribution in [2.75, 3.05) is 7.11 Å². The third kappa shape index (κ3) is 3.20. The second kappa shape index (κ2) is 5.41. The van der Waals surface area contributed by atoms with Crippen LogP contribution in [-0.4, -0.2) is 12.2 Å². The molecule has 5 heteroatoms. The quantitative estimate of drug-likeness (QED) is 0.387. The monoisotopic (exact) mass is 211 g/mol. The molecule has 0 aliphatic carbocycles. The van der Waals surface area contributed by atoms with Crippen LogP contribution in [0.25, 0.3) is 0 Å². The van der Waals surface area contributed by atoms with E-state index in [4.69, 9.17) is 22.8 Å². The van der Waals surface area contributed by atoms with Crippen LogP contribution in [0.2, 0.25) is 0 Å². The molecule has 0 aliphatic heterocycles. The molecule has 0 saturated carbocycles. The SMILES string of the molecule is COc1cccc(CNC(=S)NN)c1. The van der Waals surface area contributed by atoms with Crippen molar-refractivity contribution in [1.29, 1.82) is 0 Å². The van der Waals surface area contributed by atoms with E-state index < -0.39 is 0 Å². The number of ether oxygens (including phenoxy) is 1.